The fraction of sp³-hybridized carbons (Fsp3) is 1.00. The van der Waals surface area contributed by atoms with Gasteiger partial charge in [0, 0.05) is 26.8 Å². The Morgan fingerprint density at radius 2 is 2.50 bits per heavy atom. The molecule has 0 aromatic rings. The van der Waals surface area contributed by atoms with Gasteiger partial charge in [-0.3, -0.25) is 4.84 Å². The summed E-state index contributed by atoms with van der Waals surface area (Å²) in [6, 6.07) is 0. The smallest absolute Gasteiger partial charge is 0.0698 e. The predicted octanol–water partition coefficient (Wildman–Crippen LogP) is 0.660. The van der Waals surface area contributed by atoms with Crippen LogP contribution in [-0.4, -0.2) is 38.5 Å². The van der Waals surface area contributed by atoms with E-state index in [-0.39, 0.29) is 0 Å². The third-order valence-corrected chi connectivity index (χ3v) is 1.58. The number of hydrogen-bond acceptors (Lipinski definition) is 3. The van der Waals surface area contributed by atoms with E-state index >= 15 is 0 Å². The van der Waals surface area contributed by atoms with Crippen LogP contribution in [0.4, 0.5) is 0 Å². The fourth-order valence-electron chi connectivity index (χ4n) is 1.06. The molecule has 0 aromatic heterocycles. The van der Waals surface area contributed by atoms with Crippen molar-refractivity contribution in [3.63, 3.8) is 0 Å². The normalized spacial score (nSPS) is 20.1. The van der Waals surface area contributed by atoms with E-state index in [4.69, 9.17) is 9.57 Å². The number of methoxy groups -OCH3 is 1. The maximum absolute atomic E-state index is 5.28. The molecule has 3 heteroatoms. The molecule has 60 valence electrons. The lowest BCUT2D eigenvalue weighted by atomic mass is 10.4. The zero-order valence-corrected chi connectivity index (χ0v) is 6.51. The van der Waals surface area contributed by atoms with E-state index in [0.29, 0.717) is 0 Å². The van der Waals surface area contributed by atoms with Crippen molar-refractivity contribution in [1.29, 1.82) is 0 Å². The molecule has 0 aromatic carbocycles. The molecule has 0 bridgehead atoms. The molecule has 0 radical (unpaired) electrons. The summed E-state index contributed by atoms with van der Waals surface area (Å²) in [4.78, 5) is 5.28. The summed E-state index contributed by atoms with van der Waals surface area (Å²) in [5, 5.41) is 2.01. The van der Waals surface area contributed by atoms with Crippen LogP contribution in [-0.2, 0) is 9.57 Å². The number of hydroxylamine groups is 2. The quantitative estimate of drug-likeness (QED) is 0.542. The summed E-state index contributed by atoms with van der Waals surface area (Å²) in [7, 11) is 1.73. The molecule has 1 fully saturated rings. The highest BCUT2D eigenvalue weighted by molar-refractivity contribution is 4.52. The standard InChI is InChI=1S/C7H15NO2/c1-9-6-2-4-8-5-3-7-10-8/h2-7H2,1H3. The van der Waals surface area contributed by atoms with Crippen molar-refractivity contribution < 1.29 is 9.57 Å². The average Bonchev–Trinajstić information content (AvgIpc) is 2.41. The first-order valence-corrected chi connectivity index (χ1v) is 3.80. The van der Waals surface area contributed by atoms with Gasteiger partial charge in [0.25, 0.3) is 0 Å². The molecule has 1 aliphatic rings. The van der Waals surface area contributed by atoms with Crippen molar-refractivity contribution in [1.82, 2.24) is 5.06 Å². The first-order chi connectivity index (χ1) is 4.93. The molecule has 1 heterocycles. The second-order valence-corrected chi connectivity index (χ2v) is 2.46. The average molecular weight is 145 g/mol. The Balaban J connectivity index is 1.91. The van der Waals surface area contributed by atoms with E-state index in [1.54, 1.807) is 7.11 Å². The predicted molar refractivity (Wildman–Crippen MR) is 38.6 cm³/mol. The highest BCUT2D eigenvalue weighted by Gasteiger charge is 2.10. The molecule has 0 spiro atoms. The van der Waals surface area contributed by atoms with Gasteiger partial charge in [-0.05, 0) is 12.8 Å². The van der Waals surface area contributed by atoms with Crippen molar-refractivity contribution in [3.05, 3.63) is 0 Å². The van der Waals surface area contributed by atoms with Gasteiger partial charge in [0.1, 0.15) is 0 Å². The molecule has 0 unspecified atom stereocenters. The molecule has 0 atom stereocenters. The number of nitrogens with zero attached hydrogens (tertiary/aromatic N) is 1. The van der Waals surface area contributed by atoms with E-state index in [2.05, 4.69) is 0 Å². The first-order valence-electron chi connectivity index (χ1n) is 3.80. The van der Waals surface area contributed by atoms with Crippen molar-refractivity contribution >= 4 is 0 Å². The summed E-state index contributed by atoms with van der Waals surface area (Å²) in [5.41, 5.74) is 0. The minimum atomic E-state index is 0.833. The topological polar surface area (TPSA) is 21.7 Å². The van der Waals surface area contributed by atoms with Crippen LogP contribution in [0.3, 0.4) is 0 Å². The molecular weight excluding hydrogens is 130 g/mol. The Labute approximate surface area is 61.9 Å². The Morgan fingerprint density at radius 3 is 3.10 bits per heavy atom. The van der Waals surface area contributed by atoms with Gasteiger partial charge in [0.15, 0.2) is 0 Å². The maximum atomic E-state index is 5.28. The van der Waals surface area contributed by atoms with Crippen molar-refractivity contribution in [3.8, 4) is 0 Å². The van der Waals surface area contributed by atoms with Gasteiger partial charge in [0.2, 0.25) is 0 Å². The minimum Gasteiger partial charge on any atom is -0.385 e. The molecule has 0 N–H and O–H groups in total. The van der Waals surface area contributed by atoms with Crippen LogP contribution in [0.15, 0.2) is 0 Å². The summed E-state index contributed by atoms with van der Waals surface area (Å²) >= 11 is 0. The van der Waals surface area contributed by atoms with Crippen molar-refractivity contribution in [2.24, 2.45) is 0 Å². The van der Waals surface area contributed by atoms with Crippen LogP contribution >= 0.6 is 0 Å². The summed E-state index contributed by atoms with van der Waals surface area (Å²) in [5.74, 6) is 0. The summed E-state index contributed by atoms with van der Waals surface area (Å²) in [6.07, 6.45) is 2.24. The number of rotatable bonds is 4. The number of hydrogen-bond donors (Lipinski definition) is 0. The molecule has 0 saturated carbocycles. The van der Waals surface area contributed by atoms with Gasteiger partial charge >= 0.3 is 0 Å². The maximum Gasteiger partial charge on any atom is 0.0698 e. The monoisotopic (exact) mass is 145 g/mol. The molecule has 1 saturated heterocycles. The zero-order chi connectivity index (χ0) is 7.23. The Hall–Kier alpha value is -0.120. The Kier molecular flexibility index (Phi) is 3.72. The molecule has 3 nitrogen and oxygen atoms in total. The highest BCUT2D eigenvalue weighted by Crippen LogP contribution is 2.03. The van der Waals surface area contributed by atoms with Gasteiger partial charge in [-0.25, -0.2) is 0 Å². The van der Waals surface area contributed by atoms with Crippen LogP contribution < -0.4 is 0 Å². The Bertz CT molecular complexity index is 81.7. The summed E-state index contributed by atoms with van der Waals surface area (Å²) < 4.78 is 4.92. The molecule has 0 amide bonds. The van der Waals surface area contributed by atoms with Crippen molar-refractivity contribution in [2.45, 2.75) is 12.8 Å². The molecule has 0 aliphatic carbocycles. The number of ether oxygens (including phenoxy) is 1. The molecule has 1 rings (SSSR count). The Morgan fingerprint density at radius 1 is 1.60 bits per heavy atom. The lowest BCUT2D eigenvalue weighted by molar-refractivity contribution is -0.112. The SMILES string of the molecule is COCCCN1CCCO1. The van der Waals surface area contributed by atoms with E-state index in [0.717, 1.165) is 32.7 Å². The van der Waals surface area contributed by atoms with Gasteiger partial charge < -0.3 is 4.74 Å². The highest BCUT2D eigenvalue weighted by atomic mass is 16.7. The van der Waals surface area contributed by atoms with Crippen molar-refractivity contribution in [2.75, 3.05) is 33.4 Å². The van der Waals surface area contributed by atoms with E-state index in [9.17, 15) is 0 Å². The zero-order valence-electron chi connectivity index (χ0n) is 6.51. The van der Waals surface area contributed by atoms with Crippen LogP contribution in [0, 0.1) is 0 Å². The van der Waals surface area contributed by atoms with Crippen LogP contribution in [0.25, 0.3) is 0 Å². The minimum absolute atomic E-state index is 0.833. The lowest BCUT2D eigenvalue weighted by Crippen LogP contribution is -2.19. The van der Waals surface area contributed by atoms with Gasteiger partial charge in [0.05, 0.1) is 6.61 Å². The second kappa shape index (κ2) is 4.66. The van der Waals surface area contributed by atoms with Gasteiger partial charge in [-0.2, -0.15) is 5.06 Å². The fourth-order valence-corrected chi connectivity index (χ4v) is 1.06. The third-order valence-electron chi connectivity index (χ3n) is 1.58. The molecule has 1 aliphatic heterocycles. The summed E-state index contributed by atoms with van der Waals surface area (Å²) in [6.45, 7) is 3.82. The van der Waals surface area contributed by atoms with Crippen LogP contribution in [0.5, 0.6) is 0 Å². The first kappa shape index (κ1) is 7.98. The van der Waals surface area contributed by atoms with Gasteiger partial charge in [-0.1, -0.05) is 0 Å². The van der Waals surface area contributed by atoms with Gasteiger partial charge in [-0.15, -0.1) is 0 Å². The van der Waals surface area contributed by atoms with Crippen LogP contribution in [0.1, 0.15) is 12.8 Å². The third kappa shape index (κ3) is 2.64. The lowest BCUT2D eigenvalue weighted by Gasteiger charge is -2.11. The molecular formula is C7H15NO2. The van der Waals surface area contributed by atoms with E-state index < -0.39 is 0 Å². The van der Waals surface area contributed by atoms with Crippen LogP contribution in [0.2, 0.25) is 0 Å². The van der Waals surface area contributed by atoms with E-state index in [1.165, 1.54) is 6.42 Å². The second-order valence-electron chi connectivity index (χ2n) is 2.46. The van der Waals surface area contributed by atoms with E-state index in [1.807, 2.05) is 5.06 Å². The molecule has 10 heavy (non-hydrogen) atoms. The largest absolute Gasteiger partial charge is 0.385 e.